The molecule has 6 N–H and O–H groups in total. The zero-order valence-corrected chi connectivity index (χ0v) is 18.7. The minimum absolute atomic E-state index is 0.118. The minimum Gasteiger partial charge on any atom is -0.545 e. The molecule has 0 amide bonds. The number of allylic oxidation sites excluding steroid dienone is 3. The molecule has 0 aliphatic carbocycles. The van der Waals surface area contributed by atoms with Crippen molar-refractivity contribution >= 4 is 11.9 Å². The van der Waals surface area contributed by atoms with Crippen molar-refractivity contribution in [2.24, 2.45) is 11.8 Å². The number of nitrogens with one attached hydrogen (secondary N) is 1. The maximum Gasteiger partial charge on any atom is 0.359 e. The number of carbonyl (C=O) groups excluding carboxylic acids is 1. The molecule has 3 aliphatic rings. The van der Waals surface area contributed by atoms with Crippen molar-refractivity contribution in [3.63, 3.8) is 0 Å². The van der Waals surface area contributed by atoms with Crippen LogP contribution in [0, 0.1) is 11.8 Å². The summed E-state index contributed by atoms with van der Waals surface area (Å²) in [6.07, 6.45) is 1.98. The molecule has 35 heavy (non-hydrogen) atoms. The zero-order valence-electron chi connectivity index (χ0n) is 18.7. The summed E-state index contributed by atoms with van der Waals surface area (Å²) in [5.41, 5.74) is 0.559. The van der Waals surface area contributed by atoms with Gasteiger partial charge in [0.15, 0.2) is 12.8 Å². The van der Waals surface area contributed by atoms with E-state index >= 15 is 0 Å². The predicted octanol–water partition coefficient (Wildman–Crippen LogP) is -3.81. The molecular weight excluding hydrogens is 466 g/mol. The molecule has 1 saturated heterocycles. The second-order valence-corrected chi connectivity index (χ2v) is 8.40. The van der Waals surface area contributed by atoms with Crippen LogP contribution in [0.2, 0.25) is 0 Å². The van der Waals surface area contributed by atoms with Crippen molar-refractivity contribution in [1.82, 2.24) is 0 Å². The SMILES string of the molecule is C=C[C@H]1[C@H](O[C@@H]2O[C@H](CO)[C@@H](O)[C@H](O)[C@H]2O)OC=C(C(=O)[O-])[C@H]1/C=C/C1=CC=C[NH+](CC(=O)O)C1. The van der Waals surface area contributed by atoms with Gasteiger partial charge in [0.1, 0.15) is 31.0 Å². The van der Waals surface area contributed by atoms with Gasteiger partial charge in [-0.2, -0.15) is 0 Å². The zero-order chi connectivity index (χ0) is 25.7. The Balaban J connectivity index is 1.79. The Hall–Kier alpha value is -2.84. The lowest BCUT2D eigenvalue weighted by molar-refractivity contribution is -0.834. The molecule has 1 unspecified atom stereocenters. The van der Waals surface area contributed by atoms with Gasteiger partial charge >= 0.3 is 5.97 Å². The van der Waals surface area contributed by atoms with Crippen molar-refractivity contribution in [1.29, 1.82) is 0 Å². The van der Waals surface area contributed by atoms with E-state index < -0.39 is 67.4 Å². The first-order valence-corrected chi connectivity index (χ1v) is 10.9. The Bertz CT molecular complexity index is 924. The topological polar surface area (TPSA) is 190 Å². The number of quaternary nitrogens is 1. The average molecular weight is 495 g/mol. The van der Waals surface area contributed by atoms with Crippen LogP contribution in [-0.4, -0.2) is 94.2 Å². The minimum atomic E-state index is -1.68. The molecule has 0 spiro atoms. The maximum atomic E-state index is 11.7. The van der Waals surface area contributed by atoms with Gasteiger partial charge in [-0.3, -0.25) is 4.90 Å². The maximum absolute atomic E-state index is 11.7. The van der Waals surface area contributed by atoms with Gasteiger partial charge < -0.3 is 49.6 Å². The van der Waals surface area contributed by atoms with E-state index in [-0.39, 0.29) is 12.1 Å². The molecule has 0 radical (unpaired) electrons. The quantitative estimate of drug-likeness (QED) is 0.172. The Kier molecular flexibility index (Phi) is 8.97. The summed E-state index contributed by atoms with van der Waals surface area (Å²) < 4.78 is 16.4. The van der Waals surface area contributed by atoms with Crippen molar-refractivity contribution in [2.45, 2.75) is 37.0 Å². The third-order valence-corrected chi connectivity index (χ3v) is 6.01. The number of hydrogen-bond acceptors (Lipinski definition) is 10. The summed E-state index contributed by atoms with van der Waals surface area (Å²) in [7, 11) is 0. The van der Waals surface area contributed by atoms with Crippen LogP contribution in [-0.2, 0) is 23.8 Å². The average Bonchev–Trinajstić information content (AvgIpc) is 2.82. The van der Waals surface area contributed by atoms with Gasteiger partial charge in [0.25, 0.3) is 0 Å². The van der Waals surface area contributed by atoms with Crippen LogP contribution in [0.1, 0.15) is 0 Å². The molecule has 192 valence electrons. The van der Waals surface area contributed by atoms with Crippen molar-refractivity contribution < 1.29 is 59.3 Å². The highest BCUT2D eigenvalue weighted by Gasteiger charge is 2.46. The molecule has 12 nitrogen and oxygen atoms in total. The molecule has 9 atom stereocenters. The van der Waals surface area contributed by atoms with Crippen LogP contribution in [0.4, 0.5) is 0 Å². The summed E-state index contributed by atoms with van der Waals surface area (Å²) in [6.45, 7) is 3.33. The highest BCUT2D eigenvalue weighted by Crippen LogP contribution is 2.35. The Labute approximate surface area is 200 Å². The van der Waals surface area contributed by atoms with Crippen molar-refractivity contribution in [3.05, 3.63) is 60.6 Å². The number of carboxylic acid groups (broad SMARTS) is 2. The lowest BCUT2D eigenvalue weighted by Crippen LogP contribution is -3.09. The van der Waals surface area contributed by atoms with Crippen LogP contribution in [0.5, 0.6) is 0 Å². The Morgan fingerprint density at radius 1 is 1.23 bits per heavy atom. The van der Waals surface area contributed by atoms with E-state index in [0.29, 0.717) is 11.4 Å². The number of carboxylic acids is 2. The third-order valence-electron chi connectivity index (χ3n) is 6.01. The van der Waals surface area contributed by atoms with Gasteiger partial charge in [-0.05, 0) is 12.2 Å². The summed E-state index contributed by atoms with van der Waals surface area (Å²) in [5, 5.41) is 60.3. The molecule has 0 aromatic carbocycles. The number of aliphatic hydroxyl groups excluding tert-OH is 4. The normalized spacial score (nSPS) is 37.3. The second kappa shape index (κ2) is 11.7. The van der Waals surface area contributed by atoms with E-state index in [1.54, 1.807) is 30.5 Å². The highest BCUT2D eigenvalue weighted by atomic mass is 16.8. The fourth-order valence-electron chi connectivity index (χ4n) is 4.14. The Morgan fingerprint density at radius 2 is 1.97 bits per heavy atom. The number of hydrogen-bond donors (Lipinski definition) is 6. The van der Waals surface area contributed by atoms with E-state index in [0.717, 1.165) is 11.8 Å². The molecular formula is C23H29NO11. The lowest BCUT2D eigenvalue weighted by atomic mass is 9.83. The largest absolute Gasteiger partial charge is 0.545 e. The first kappa shape index (κ1) is 26.8. The smallest absolute Gasteiger partial charge is 0.359 e. The van der Waals surface area contributed by atoms with Gasteiger partial charge in [-0.25, -0.2) is 4.79 Å². The summed E-state index contributed by atoms with van der Waals surface area (Å²) in [5.74, 6) is -4.08. The predicted molar refractivity (Wildman–Crippen MR) is 115 cm³/mol. The molecule has 3 heterocycles. The summed E-state index contributed by atoms with van der Waals surface area (Å²) in [4.78, 5) is 23.4. The summed E-state index contributed by atoms with van der Waals surface area (Å²) in [6, 6.07) is 0. The molecule has 1 fully saturated rings. The molecule has 3 aliphatic heterocycles. The fraction of sp³-hybridized carbons (Fsp3) is 0.478. The van der Waals surface area contributed by atoms with Crippen molar-refractivity contribution in [3.8, 4) is 0 Å². The van der Waals surface area contributed by atoms with E-state index in [4.69, 9.17) is 19.3 Å². The number of rotatable bonds is 9. The first-order chi connectivity index (χ1) is 16.7. The van der Waals surface area contributed by atoms with E-state index in [1.807, 2.05) is 0 Å². The third kappa shape index (κ3) is 6.24. The van der Waals surface area contributed by atoms with Gasteiger partial charge in [0, 0.05) is 23.0 Å². The van der Waals surface area contributed by atoms with E-state index in [2.05, 4.69) is 6.58 Å². The highest BCUT2D eigenvalue weighted by molar-refractivity contribution is 5.85. The molecule has 0 aromatic rings. The van der Waals surface area contributed by atoms with Crippen LogP contribution in [0.25, 0.3) is 0 Å². The van der Waals surface area contributed by atoms with E-state index in [1.165, 1.54) is 6.08 Å². The standard InChI is InChI=1S/C23H29NO11/c1-2-13-14(6-5-12-4-3-7-24(8-12)9-17(26)27)15(21(31)32)11-33-22(13)35-23-20(30)19(29)18(28)16(10-25)34-23/h2-7,11,13-14,16,18-20,22-23,25,28-30H,1,8-10H2,(H,26,27)(H,31,32)/b6-5+/t13-,14+,16-,18-,19+,20-,22+,23+/m1/s1. The number of carbonyl (C=O) groups is 2. The Morgan fingerprint density at radius 3 is 2.60 bits per heavy atom. The van der Waals surface area contributed by atoms with Gasteiger partial charge in [0.2, 0.25) is 6.29 Å². The second-order valence-electron chi connectivity index (χ2n) is 8.40. The number of aliphatic carboxylic acids is 2. The van der Waals surface area contributed by atoms with E-state index in [9.17, 15) is 35.1 Å². The first-order valence-electron chi connectivity index (χ1n) is 10.9. The van der Waals surface area contributed by atoms with Gasteiger partial charge in [-0.15, -0.1) is 6.58 Å². The summed E-state index contributed by atoms with van der Waals surface area (Å²) >= 11 is 0. The molecule has 3 rings (SSSR count). The fourth-order valence-corrected chi connectivity index (χ4v) is 4.14. The molecule has 12 heteroatoms. The van der Waals surface area contributed by atoms with Gasteiger partial charge in [0.05, 0.1) is 25.0 Å². The van der Waals surface area contributed by atoms with Crippen LogP contribution >= 0.6 is 0 Å². The van der Waals surface area contributed by atoms with Crippen LogP contribution < -0.4 is 10.0 Å². The lowest BCUT2D eigenvalue weighted by Gasteiger charge is -2.43. The van der Waals surface area contributed by atoms with Crippen LogP contribution in [0.3, 0.4) is 0 Å². The molecule has 0 bridgehead atoms. The molecule has 0 aromatic heterocycles. The van der Waals surface area contributed by atoms with Crippen LogP contribution in [0.15, 0.2) is 60.6 Å². The monoisotopic (exact) mass is 495 g/mol. The number of ether oxygens (including phenoxy) is 3. The molecule has 0 saturated carbocycles. The number of aliphatic hydroxyl groups is 4. The van der Waals surface area contributed by atoms with Crippen molar-refractivity contribution in [2.75, 3.05) is 19.7 Å². The van der Waals surface area contributed by atoms with Gasteiger partial charge in [-0.1, -0.05) is 18.2 Å².